The normalized spacial score (nSPS) is 19.9. The van der Waals surface area contributed by atoms with Gasteiger partial charge in [0.15, 0.2) is 0 Å². The van der Waals surface area contributed by atoms with Crippen LogP contribution >= 0.6 is 0 Å². The van der Waals surface area contributed by atoms with E-state index in [-0.39, 0.29) is 18.5 Å². The number of nitrogens with one attached hydrogen (secondary N) is 1. The lowest BCUT2D eigenvalue weighted by Gasteiger charge is -2.33. The van der Waals surface area contributed by atoms with Crippen molar-refractivity contribution in [1.82, 2.24) is 4.98 Å². The highest BCUT2D eigenvalue weighted by Crippen LogP contribution is 2.17. The van der Waals surface area contributed by atoms with Gasteiger partial charge in [0.2, 0.25) is 0 Å². The van der Waals surface area contributed by atoms with Crippen LogP contribution in [0.4, 0.5) is 5.82 Å². The second kappa shape index (κ2) is 5.32. The van der Waals surface area contributed by atoms with Crippen LogP contribution in [-0.2, 0) is 4.74 Å². The van der Waals surface area contributed by atoms with E-state index in [1.54, 1.807) is 12.1 Å². The molecule has 1 saturated heterocycles. The van der Waals surface area contributed by atoms with Gasteiger partial charge >= 0.3 is 0 Å². The summed E-state index contributed by atoms with van der Waals surface area (Å²) in [4.78, 5) is 6.49. The Bertz CT molecular complexity index is 450. The van der Waals surface area contributed by atoms with Crippen LogP contribution in [-0.4, -0.2) is 48.3 Å². The Morgan fingerprint density at radius 1 is 1.67 bits per heavy atom. The molecule has 1 fully saturated rings. The van der Waals surface area contributed by atoms with E-state index in [2.05, 4.69) is 4.98 Å². The number of rotatable bonds is 3. The van der Waals surface area contributed by atoms with Gasteiger partial charge in [-0.1, -0.05) is 0 Å². The molecule has 0 spiro atoms. The maximum absolute atomic E-state index is 9.13. The molecule has 0 radical (unpaired) electrons. The average Bonchev–Trinajstić information content (AvgIpc) is 2.38. The van der Waals surface area contributed by atoms with Crippen LogP contribution in [0, 0.1) is 12.3 Å². The van der Waals surface area contributed by atoms with Gasteiger partial charge in [0.1, 0.15) is 11.7 Å². The van der Waals surface area contributed by atoms with E-state index in [4.69, 9.17) is 21.0 Å². The number of nitrogens with two attached hydrogens (primary N) is 1. The number of nitrogen functional groups attached to an aromatic ring is 1. The van der Waals surface area contributed by atoms with Crippen molar-refractivity contribution in [3.05, 3.63) is 23.4 Å². The highest BCUT2D eigenvalue weighted by atomic mass is 16.5. The van der Waals surface area contributed by atoms with Gasteiger partial charge in [-0.25, -0.2) is 4.98 Å². The fourth-order valence-electron chi connectivity index (χ4n) is 2.01. The maximum atomic E-state index is 9.13. The molecule has 1 unspecified atom stereocenters. The Kier molecular flexibility index (Phi) is 3.78. The highest BCUT2D eigenvalue weighted by Gasteiger charge is 2.21. The molecule has 2 heterocycles. The molecular formula is C12H18N4O2. The SMILES string of the molecule is Cc1cc(C(=N)N)cc(N2CCOC(CO)C2)n1. The van der Waals surface area contributed by atoms with Crippen molar-refractivity contribution in [3.63, 3.8) is 0 Å². The number of pyridine rings is 1. The number of aliphatic hydroxyl groups is 1. The number of ether oxygens (including phenoxy) is 1. The minimum atomic E-state index is -0.179. The molecule has 98 valence electrons. The number of morpholine rings is 1. The van der Waals surface area contributed by atoms with Crippen LogP contribution < -0.4 is 10.6 Å². The molecule has 1 aromatic heterocycles. The number of amidine groups is 1. The second-order valence-corrected chi connectivity index (χ2v) is 4.39. The fourth-order valence-corrected chi connectivity index (χ4v) is 2.01. The summed E-state index contributed by atoms with van der Waals surface area (Å²) in [7, 11) is 0. The molecule has 6 heteroatoms. The Balaban J connectivity index is 2.24. The molecule has 1 aliphatic rings. The quantitative estimate of drug-likeness (QED) is 0.513. The molecule has 4 N–H and O–H groups in total. The molecule has 1 aliphatic heterocycles. The van der Waals surface area contributed by atoms with E-state index < -0.39 is 0 Å². The molecule has 0 bridgehead atoms. The minimum absolute atomic E-state index is 0.00187. The molecule has 0 amide bonds. The van der Waals surface area contributed by atoms with Gasteiger partial charge in [0, 0.05) is 24.3 Å². The summed E-state index contributed by atoms with van der Waals surface area (Å²) in [6.07, 6.45) is -0.179. The summed E-state index contributed by atoms with van der Waals surface area (Å²) in [5.41, 5.74) is 7.00. The third kappa shape index (κ3) is 2.77. The molecule has 0 aromatic carbocycles. The Morgan fingerprint density at radius 2 is 2.44 bits per heavy atom. The molecule has 6 nitrogen and oxygen atoms in total. The molecule has 1 aromatic rings. The van der Waals surface area contributed by atoms with E-state index in [1.807, 2.05) is 11.8 Å². The Morgan fingerprint density at radius 3 is 3.11 bits per heavy atom. The third-order valence-electron chi connectivity index (χ3n) is 2.92. The monoisotopic (exact) mass is 250 g/mol. The summed E-state index contributed by atoms with van der Waals surface area (Å²) in [6, 6.07) is 3.59. The number of nitrogens with zero attached hydrogens (tertiary/aromatic N) is 2. The lowest BCUT2D eigenvalue weighted by Crippen LogP contribution is -2.44. The van der Waals surface area contributed by atoms with E-state index in [0.717, 1.165) is 18.1 Å². The van der Waals surface area contributed by atoms with E-state index in [9.17, 15) is 0 Å². The number of aliphatic hydroxyl groups excluding tert-OH is 1. The number of aromatic nitrogens is 1. The summed E-state index contributed by atoms with van der Waals surface area (Å²) >= 11 is 0. The van der Waals surface area contributed by atoms with Crippen LogP contribution in [0.3, 0.4) is 0 Å². The van der Waals surface area contributed by atoms with Crippen molar-refractivity contribution >= 4 is 11.7 Å². The molecule has 2 rings (SSSR count). The summed E-state index contributed by atoms with van der Waals surface area (Å²) in [5.74, 6) is 0.815. The predicted octanol–water partition coefficient (Wildman–Crippen LogP) is -0.128. The first-order chi connectivity index (χ1) is 8.60. The van der Waals surface area contributed by atoms with Crippen molar-refractivity contribution in [2.45, 2.75) is 13.0 Å². The highest BCUT2D eigenvalue weighted by molar-refractivity contribution is 5.95. The van der Waals surface area contributed by atoms with E-state index >= 15 is 0 Å². The first kappa shape index (κ1) is 12.8. The van der Waals surface area contributed by atoms with Gasteiger partial charge in [0.25, 0.3) is 0 Å². The van der Waals surface area contributed by atoms with Crippen LogP contribution in [0.1, 0.15) is 11.3 Å². The van der Waals surface area contributed by atoms with Crippen LogP contribution in [0.2, 0.25) is 0 Å². The van der Waals surface area contributed by atoms with E-state index in [1.165, 1.54) is 0 Å². The van der Waals surface area contributed by atoms with E-state index in [0.29, 0.717) is 18.7 Å². The average molecular weight is 250 g/mol. The maximum Gasteiger partial charge on any atom is 0.129 e. The topological polar surface area (TPSA) is 95.5 Å². The third-order valence-corrected chi connectivity index (χ3v) is 2.92. The van der Waals surface area contributed by atoms with Crippen molar-refractivity contribution in [2.75, 3.05) is 31.2 Å². The summed E-state index contributed by atoms with van der Waals surface area (Å²) in [6.45, 7) is 3.77. The van der Waals surface area contributed by atoms with Crippen LogP contribution in [0.15, 0.2) is 12.1 Å². The fraction of sp³-hybridized carbons (Fsp3) is 0.500. The molecule has 0 aliphatic carbocycles. The minimum Gasteiger partial charge on any atom is -0.394 e. The second-order valence-electron chi connectivity index (χ2n) is 4.39. The van der Waals surface area contributed by atoms with Gasteiger partial charge < -0.3 is 20.5 Å². The zero-order valence-electron chi connectivity index (χ0n) is 10.4. The zero-order valence-corrected chi connectivity index (χ0v) is 10.4. The molecule has 18 heavy (non-hydrogen) atoms. The largest absolute Gasteiger partial charge is 0.394 e. The van der Waals surface area contributed by atoms with Crippen molar-refractivity contribution in [3.8, 4) is 0 Å². The standard InChI is InChI=1S/C12H18N4O2/c1-8-4-9(12(13)14)5-11(15-8)16-2-3-18-10(6-16)7-17/h4-5,10,17H,2-3,6-7H2,1H3,(H3,13,14). The predicted molar refractivity (Wildman–Crippen MR) is 69.0 cm³/mol. The van der Waals surface area contributed by atoms with Gasteiger partial charge in [-0.3, -0.25) is 5.41 Å². The smallest absolute Gasteiger partial charge is 0.129 e. The first-order valence-electron chi connectivity index (χ1n) is 5.90. The van der Waals surface area contributed by atoms with Gasteiger partial charge in [-0.2, -0.15) is 0 Å². The molecule has 1 atom stereocenters. The lowest BCUT2D eigenvalue weighted by atomic mass is 10.2. The van der Waals surface area contributed by atoms with Crippen LogP contribution in [0.25, 0.3) is 0 Å². The van der Waals surface area contributed by atoms with Crippen molar-refractivity contribution in [2.24, 2.45) is 5.73 Å². The number of hydrogen-bond acceptors (Lipinski definition) is 5. The van der Waals surface area contributed by atoms with Crippen LogP contribution in [0.5, 0.6) is 0 Å². The molecular weight excluding hydrogens is 232 g/mol. The number of hydrogen-bond donors (Lipinski definition) is 3. The van der Waals surface area contributed by atoms with Gasteiger partial charge in [-0.15, -0.1) is 0 Å². The summed E-state index contributed by atoms with van der Waals surface area (Å²) in [5, 5.41) is 16.6. The number of aryl methyl sites for hydroxylation is 1. The molecule has 0 saturated carbocycles. The van der Waals surface area contributed by atoms with Crippen molar-refractivity contribution < 1.29 is 9.84 Å². The number of anilines is 1. The first-order valence-corrected chi connectivity index (χ1v) is 5.90. The zero-order chi connectivity index (χ0) is 13.1. The Hall–Kier alpha value is -1.66. The van der Waals surface area contributed by atoms with Gasteiger partial charge in [0.05, 0.1) is 19.3 Å². The lowest BCUT2D eigenvalue weighted by molar-refractivity contribution is 0.00335. The Labute approximate surface area is 106 Å². The van der Waals surface area contributed by atoms with Crippen molar-refractivity contribution in [1.29, 1.82) is 5.41 Å². The summed E-state index contributed by atoms with van der Waals surface area (Å²) < 4.78 is 5.40. The van der Waals surface area contributed by atoms with Gasteiger partial charge in [-0.05, 0) is 19.1 Å².